The maximum atomic E-state index is 10.1. The smallest absolute Gasteiger partial charge is 0.290 e. The number of nitrogens with zero attached hydrogens (tertiary/aromatic N) is 1. The highest BCUT2D eigenvalue weighted by Gasteiger charge is 2.24. The van der Waals surface area contributed by atoms with Gasteiger partial charge in [0.2, 0.25) is 0 Å². The van der Waals surface area contributed by atoms with E-state index in [2.05, 4.69) is 0 Å². The van der Waals surface area contributed by atoms with Crippen LogP contribution >= 0.6 is 0 Å². The van der Waals surface area contributed by atoms with E-state index >= 15 is 0 Å². The van der Waals surface area contributed by atoms with Gasteiger partial charge >= 0.3 is 0 Å². The Bertz CT molecular complexity index is 334. The Kier molecular flexibility index (Phi) is 2.05. The fourth-order valence-electron chi connectivity index (χ4n) is 0.897. The number of benzene rings is 1. The second-order valence-corrected chi connectivity index (χ2v) is 2.09. The van der Waals surface area contributed by atoms with Crippen molar-refractivity contribution in [3.05, 3.63) is 28.3 Å². The first-order valence-electron chi connectivity index (χ1n) is 3.07. The highest BCUT2D eigenvalue weighted by Crippen LogP contribution is 2.42. The fourth-order valence-corrected chi connectivity index (χ4v) is 0.897. The van der Waals surface area contributed by atoms with Crippen LogP contribution in [0, 0.1) is 10.1 Å². The molecule has 0 aromatic carbocycles. The molecule has 0 bridgehead atoms. The van der Waals surface area contributed by atoms with Gasteiger partial charge in [-0.1, -0.05) is 0 Å². The number of rotatable bonds is 1. The Balaban J connectivity index is 0.000000213. The topological polar surface area (TPSA) is 80.4 Å². The van der Waals surface area contributed by atoms with Crippen molar-refractivity contribution >= 4 is 12.2 Å². The summed E-state index contributed by atoms with van der Waals surface area (Å²) in [4.78, 5) is 18.1. The van der Waals surface area contributed by atoms with Gasteiger partial charge in [0.25, 0.3) is 12.2 Å². The van der Waals surface area contributed by atoms with Crippen LogP contribution in [0.1, 0.15) is 0 Å². The van der Waals surface area contributed by atoms with Gasteiger partial charge in [-0.05, 0) is 17.7 Å². The van der Waals surface area contributed by atoms with Crippen LogP contribution in [0.4, 0.5) is 5.69 Å². The van der Waals surface area contributed by atoms with E-state index in [-0.39, 0.29) is 17.1 Å². The van der Waals surface area contributed by atoms with E-state index in [1.165, 1.54) is 6.07 Å². The summed E-state index contributed by atoms with van der Waals surface area (Å²) < 4.78 is 0. The second kappa shape index (κ2) is 3.00. The molecule has 0 fully saturated rings. The average Bonchev–Trinajstić information content (AvgIpc) is 2.63. The molecule has 0 radical (unpaired) electrons. The molecule has 2 aliphatic rings. The lowest BCUT2D eigenvalue weighted by molar-refractivity contribution is -0.383. The number of nitro benzene ring substituents is 1. The Morgan fingerprint density at radius 2 is 2.08 bits per heavy atom. The van der Waals surface area contributed by atoms with Gasteiger partial charge in [-0.2, -0.15) is 0 Å². The number of carbonyl (C=O) groups is 1. The van der Waals surface area contributed by atoms with Gasteiger partial charge < -0.3 is 5.11 Å². The molecule has 62 valence electrons. The molecule has 0 aliphatic heterocycles. The van der Waals surface area contributed by atoms with E-state index in [9.17, 15) is 10.1 Å². The van der Waals surface area contributed by atoms with Crippen LogP contribution in [0.3, 0.4) is 0 Å². The number of carboxylic acid groups (broad SMARTS) is 1. The predicted molar refractivity (Wildman–Crippen MR) is 40.8 cm³/mol. The Hall–Kier alpha value is -1.91. The van der Waals surface area contributed by atoms with Crippen LogP contribution in [-0.2, 0) is 4.79 Å². The first kappa shape index (κ1) is 8.19. The molecule has 1 N–H and O–H groups in total. The van der Waals surface area contributed by atoms with Crippen molar-refractivity contribution in [2.24, 2.45) is 0 Å². The molecule has 5 heteroatoms. The number of hydrogen-bond acceptors (Lipinski definition) is 3. The first-order chi connectivity index (χ1) is 5.70. The highest BCUT2D eigenvalue weighted by atomic mass is 16.6. The third-order valence-corrected chi connectivity index (χ3v) is 1.42. The van der Waals surface area contributed by atoms with Gasteiger partial charge in [0, 0.05) is 6.07 Å². The van der Waals surface area contributed by atoms with Gasteiger partial charge in [0.1, 0.15) is 0 Å². The summed E-state index contributed by atoms with van der Waals surface area (Å²) in [5.74, 6) is 0. The molecule has 0 saturated carbocycles. The number of nitro groups is 1. The van der Waals surface area contributed by atoms with Crippen molar-refractivity contribution in [1.29, 1.82) is 0 Å². The monoisotopic (exact) mass is 167 g/mol. The van der Waals surface area contributed by atoms with Crippen molar-refractivity contribution in [3.63, 3.8) is 0 Å². The standard InChI is InChI=1S/C6H3NO2.CH2O2/c8-7(9)6-2-1-4-3-5(4)6;2-1-3/h1-3H;1H,(H,2,3). The minimum atomic E-state index is -0.359. The van der Waals surface area contributed by atoms with Gasteiger partial charge in [-0.3, -0.25) is 14.9 Å². The molecule has 0 saturated heterocycles. The second-order valence-electron chi connectivity index (χ2n) is 2.09. The Labute approximate surface area is 67.4 Å². The first-order valence-corrected chi connectivity index (χ1v) is 3.07. The average molecular weight is 167 g/mol. The number of hydrogen-bond donors (Lipinski definition) is 1. The zero-order valence-electron chi connectivity index (χ0n) is 5.93. The molecule has 0 atom stereocenters. The normalized spacial score (nSPS) is 9.33. The summed E-state index contributed by atoms with van der Waals surface area (Å²) in [6, 6.07) is 5.09. The molecule has 2 aliphatic carbocycles. The van der Waals surface area contributed by atoms with Crippen molar-refractivity contribution in [1.82, 2.24) is 0 Å². The van der Waals surface area contributed by atoms with E-state index < -0.39 is 0 Å². The van der Waals surface area contributed by atoms with Gasteiger partial charge in [-0.25, -0.2) is 0 Å². The lowest BCUT2D eigenvalue weighted by atomic mass is 10.5. The van der Waals surface area contributed by atoms with Crippen molar-refractivity contribution < 1.29 is 14.8 Å². The van der Waals surface area contributed by atoms with Crippen LogP contribution in [0.15, 0.2) is 18.2 Å². The molecule has 12 heavy (non-hydrogen) atoms. The lowest BCUT2D eigenvalue weighted by Crippen LogP contribution is -1.82. The van der Waals surface area contributed by atoms with Crippen LogP contribution in [0.2, 0.25) is 0 Å². The minimum absolute atomic E-state index is 0.241. The number of fused-ring (bicyclic) bond motifs is 1. The Morgan fingerprint density at radius 3 is 2.25 bits per heavy atom. The molecular formula is C7H5NO4. The summed E-state index contributed by atoms with van der Waals surface area (Å²) >= 11 is 0. The van der Waals surface area contributed by atoms with Gasteiger partial charge in [-0.15, -0.1) is 0 Å². The van der Waals surface area contributed by atoms with Gasteiger partial charge in [0.05, 0.1) is 10.5 Å². The van der Waals surface area contributed by atoms with Crippen molar-refractivity contribution in [2.75, 3.05) is 0 Å². The molecule has 5 nitrogen and oxygen atoms in total. The maximum absolute atomic E-state index is 10.1. The molecule has 0 aromatic heterocycles. The van der Waals surface area contributed by atoms with E-state index in [4.69, 9.17) is 9.90 Å². The Morgan fingerprint density at radius 1 is 1.50 bits per heavy atom. The SMILES string of the molecule is O=CO.O=[N+]([O-])c1ccc2cc1-2. The maximum Gasteiger partial charge on any atom is 0.290 e. The van der Waals surface area contributed by atoms with Crippen LogP contribution in [0.5, 0.6) is 0 Å². The third-order valence-electron chi connectivity index (χ3n) is 1.42. The van der Waals surface area contributed by atoms with Crippen molar-refractivity contribution in [2.45, 2.75) is 0 Å². The summed E-state index contributed by atoms with van der Waals surface area (Å²) in [6.07, 6.45) is 0. The van der Waals surface area contributed by atoms with Crippen LogP contribution in [-0.4, -0.2) is 16.5 Å². The van der Waals surface area contributed by atoms with E-state index in [1.54, 1.807) is 12.1 Å². The predicted octanol–water partition coefficient (Wildman–Crippen LogP) is 1.28. The summed E-state index contributed by atoms with van der Waals surface area (Å²) in [6.45, 7) is -0.250. The minimum Gasteiger partial charge on any atom is -0.483 e. The largest absolute Gasteiger partial charge is 0.483 e. The molecule has 0 unspecified atom stereocenters. The summed E-state index contributed by atoms with van der Waals surface area (Å²) in [5, 5.41) is 17.0. The fraction of sp³-hybridized carbons (Fsp3) is 0. The molecule has 0 heterocycles. The molecule has 0 aromatic rings. The van der Waals surface area contributed by atoms with Crippen LogP contribution in [0.25, 0.3) is 11.1 Å². The zero-order chi connectivity index (χ0) is 9.14. The summed E-state index contributed by atoms with van der Waals surface area (Å²) in [5.41, 5.74) is 2.06. The molecule has 0 spiro atoms. The lowest BCUT2D eigenvalue weighted by Gasteiger charge is -1.79. The van der Waals surface area contributed by atoms with Gasteiger partial charge in [0.15, 0.2) is 0 Å². The summed E-state index contributed by atoms with van der Waals surface area (Å²) in [7, 11) is 0. The van der Waals surface area contributed by atoms with E-state index in [0.717, 1.165) is 11.1 Å². The van der Waals surface area contributed by atoms with E-state index in [0.29, 0.717) is 0 Å². The quantitative estimate of drug-likeness (QED) is 0.394. The molecule has 2 rings (SSSR count). The van der Waals surface area contributed by atoms with E-state index in [1.807, 2.05) is 0 Å². The molecule has 0 amide bonds. The molecular weight excluding hydrogens is 162 g/mol. The van der Waals surface area contributed by atoms with Crippen LogP contribution < -0.4 is 0 Å². The third kappa shape index (κ3) is 1.39. The van der Waals surface area contributed by atoms with Crippen molar-refractivity contribution in [3.8, 4) is 11.1 Å². The zero-order valence-corrected chi connectivity index (χ0v) is 5.93. The highest BCUT2D eigenvalue weighted by molar-refractivity contribution is 5.89.